The number of carbonyl (C=O) groups excluding carboxylic acids is 1. The summed E-state index contributed by atoms with van der Waals surface area (Å²) in [6, 6.07) is 7.72. The van der Waals surface area contributed by atoms with Gasteiger partial charge in [0.15, 0.2) is 5.78 Å². The number of aliphatic hydroxyl groups is 1. The Kier molecular flexibility index (Phi) is 4.89. The number of ketones is 1. The van der Waals surface area contributed by atoms with E-state index in [0.29, 0.717) is 12.1 Å². The summed E-state index contributed by atoms with van der Waals surface area (Å²) in [7, 11) is 3.35. The molecule has 0 saturated carbocycles. The van der Waals surface area contributed by atoms with E-state index in [1.807, 2.05) is 31.3 Å². The Morgan fingerprint density at radius 3 is 2.95 bits per heavy atom. The zero-order chi connectivity index (χ0) is 14.5. The van der Waals surface area contributed by atoms with Gasteiger partial charge in [0.1, 0.15) is 0 Å². The molecule has 2 rings (SSSR count). The van der Waals surface area contributed by atoms with Crippen molar-refractivity contribution in [2.75, 3.05) is 33.9 Å². The molecular weight excluding hydrogens is 256 g/mol. The normalized spacial score (nSPS) is 13.0. The van der Waals surface area contributed by atoms with Gasteiger partial charge in [0.2, 0.25) is 0 Å². The first-order valence-corrected chi connectivity index (χ1v) is 6.56. The van der Waals surface area contributed by atoms with Crippen LogP contribution in [0.4, 0.5) is 0 Å². The van der Waals surface area contributed by atoms with Gasteiger partial charge < -0.3 is 14.8 Å². The summed E-state index contributed by atoms with van der Waals surface area (Å²) in [4.78, 5) is 17.2. The van der Waals surface area contributed by atoms with Gasteiger partial charge in [-0.15, -0.1) is 0 Å². The van der Waals surface area contributed by atoms with Crippen LogP contribution in [0.5, 0.6) is 0 Å². The lowest BCUT2D eigenvalue weighted by Crippen LogP contribution is -2.35. The van der Waals surface area contributed by atoms with Crippen molar-refractivity contribution in [3.63, 3.8) is 0 Å². The lowest BCUT2D eigenvalue weighted by Gasteiger charge is -2.19. The highest BCUT2D eigenvalue weighted by Crippen LogP contribution is 2.18. The Balaban J connectivity index is 2.01. The zero-order valence-corrected chi connectivity index (χ0v) is 11.8. The summed E-state index contributed by atoms with van der Waals surface area (Å²) in [5.41, 5.74) is 1.65. The molecule has 0 bridgehead atoms. The van der Waals surface area contributed by atoms with Gasteiger partial charge in [-0.3, -0.25) is 9.69 Å². The average molecular weight is 276 g/mol. The summed E-state index contributed by atoms with van der Waals surface area (Å²) < 4.78 is 4.87. The van der Waals surface area contributed by atoms with Gasteiger partial charge in [0.05, 0.1) is 19.3 Å². The number of aromatic amines is 1. The Labute approximate surface area is 118 Å². The van der Waals surface area contributed by atoms with Crippen LogP contribution in [0.15, 0.2) is 30.5 Å². The maximum Gasteiger partial charge on any atom is 0.178 e. The molecule has 1 unspecified atom stereocenters. The number of carbonyl (C=O) groups is 1. The van der Waals surface area contributed by atoms with E-state index < -0.39 is 6.10 Å². The number of aliphatic hydroxyl groups excluding tert-OH is 1. The van der Waals surface area contributed by atoms with Gasteiger partial charge in [0, 0.05) is 36.3 Å². The van der Waals surface area contributed by atoms with Crippen LogP contribution in [0, 0.1) is 0 Å². The quantitative estimate of drug-likeness (QED) is 0.748. The number of methoxy groups -OCH3 is 1. The molecule has 5 heteroatoms. The first kappa shape index (κ1) is 14.7. The molecule has 5 nitrogen and oxygen atoms in total. The minimum atomic E-state index is -0.583. The number of ether oxygens (including phenoxy) is 1. The summed E-state index contributed by atoms with van der Waals surface area (Å²) >= 11 is 0. The molecule has 20 heavy (non-hydrogen) atoms. The van der Waals surface area contributed by atoms with Gasteiger partial charge in [-0.25, -0.2) is 0 Å². The highest BCUT2D eigenvalue weighted by atomic mass is 16.5. The van der Waals surface area contributed by atoms with Crippen LogP contribution >= 0.6 is 0 Å². The van der Waals surface area contributed by atoms with Crippen molar-refractivity contribution in [3.8, 4) is 0 Å². The van der Waals surface area contributed by atoms with Crippen molar-refractivity contribution in [1.82, 2.24) is 9.88 Å². The highest BCUT2D eigenvalue weighted by molar-refractivity contribution is 6.08. The number of fused-ring (bicyclic) bond motifs is 1. The lowest BCUT2D eigenvalue weighted by molar-refractivity contribution is 0.0428. The molecule has 1 heterocycles. The second kappa shape index (κ2) is 6.65. The smallest absolute Gasteiger partial charge is 0.178 e. The Morgan fingerprint density at radius 1 is 1.45 bits per heavy atom. The molecule has 2 N–H and O–H groups in total. The van der Waals surface area contributed by atoms with Crippen molar-refractivity contribution in [2.24, 2.45) is 0 Å². The minimum absolute atomic E-state index is 0.0366. The van der Waals surface area contributed by atoms with Crippen molar-refractivity contribution < 1.29 is 14.6 Å². The van der Waals surface area contributed by atoms with Crippen LogP contribution in [-0.4, -0.2) is 60.7 Å². The standard InChI is InChI=1S/C15H20N2O3/c1-17(8-11(18)10-20-2)9-15(19)13-7-16-14-6-4-3-5-12(13)14/h3-7,11,16,18H,8-10H2,1-2H3. The number of hydrogen-bond donors (Lipinski definition) is 2. The molecule has 0 aliphatic heterocycles. The van der Waals surface area contributed by atoms with E-state index in [4.69, 9.17) is 4.74 Å². The fourth-order valence-corrected chi connectivity index (χ4v) is 2.30. The van der Waals surface area contributed by atoms with E-state index in [0.717, 1.165) is 10.9 Å². The molecule has 0 aliphatic rings. The number of aromatic nitrogens is 1. The number of para-hydroxylation sites is 1. The third-order valence-electron chi connectivity index (χ3n) is 3.18. The molecule has 1 atom stereocenters. The topological polar surface area (TPSA) is 65.6 Å². The van der Waals surface area contributed by atoms with Crippen LogP contribution in [0.3, 0.4) is 0 Å². The fourth-order valence-electron chi connectivity index (χ4n) is 2.30. The summed E-state index contributed by atoms with van der Waals surface area (Å²) in [5.74, 6) is 0.0366. The molecule has 1 aromatic carbocycles. The molecule has 108 valence electrons. The summed E-state index contributed by atoms with van der Waals surface area (Å²) in [5, 5.41) is 10.6. The molecule has 0 spiro atoms. The maximum absolute atomic E-state index is 12.3. The van der Waals surface area contributed by atoms with E-state index in [1.165, 1.54) is 0 Å². The number of likely N-dealkylation sites (N-methyl/N-ethyl adjacent to an activating group) is 1. The van der Waals surface area contributed by atoms with Gasteiger partial charge >= 0.3 is 0 Å². The number of hydrogen-bond acceptors (Lipinski definition) is 4. The molecule has 0 amide bonds. The third kappa shape index (κ3) is 3.45. The molecule has 0 radical (unpaired) electrons. The van der Waals surface area contributed by atoms with Crippen LogP contribution in [0.1, 0.15) is 10.4 Å². The predicted octanol–water partition coefficient (Wildman–Crippen LogP) is 1.29. The molecular formula is C15H20N2O3. The summed E-state index contributed by atoms with van der Waals surface area (Å²) in [6.07, 6.45) is 1.16. The number of Topliss-reactive ketones (excluding diaryl/α,β-unsaturated/α-hetero) is 1. The number of rotatable bonds is 7. The molecule has 0 fully saturated rings. The lowest BCUT2D eigenvalue weighted by atomic mass is 10.1. The zero-order valence-electron chi connectivity index (χ0n) is 11.8. The van der Waals surface area contributed by atoms with E-state index in [1.54, 1.807) is 18.2 Å². The maximum atomic E-state index is 12.3. The van der Waals surface area contributed by atoms with Crippen LogP contribution < -0.4 is 0 Å². The fraction of sp³-hybridized carbons (Fsp3) is 0.400. The molecule has 0 saturated heterocycles. The highest BCUT2D eigenvalue weighted by Gasteiger charge is 2.15. The van der Waals surface area contributed by atoms with Crippen molar-refractivity contribution in [1.29, 1.82) is 0 Å². The molecule has 1 aromatic heterocycles. The Bertz CT molecular complexity index is 579. The molecule has 0 aliphatic carbocycles. The van der Waals surface area contributed by atoms with Crippen LogP contribution in [0.2, 0.25) is 0 Å². The minimum Gasteiger partial charge on any atom is -0.389 e. The number of benzene rings is 1. The molecule has 2 aromatic rings. The Morgan fingerprint density at radius 2 is 2.20 bits per heavy atom. The van der Waals surface area contributed by atoms with Gasteiger partial charge in [-0.2, -0.15) is 0 Å². The monoisotopic (exact) mass is 276 g/mol. The van der Waals surface area contributed by atoms with Crippen LogP contribution in [0.25, 0.3) is 10.9 Å². The summed E-state index contributed by atoms with van der Waals surface area (Å²) in [6.45, 7) is 0.941. The second-order valence-electron chi connectivity index (χ2n) is 4.98. The second-order valence-corrected chi connectivity index (χ2v) is 4.98. The van der Waals surface area contributed by atoms with Crippen molar-refractivity contribution >= 4 is 16.7 Å². The number of nitrogens with zero attached hydrogens (tertiary/aromatic N) is 1. The first-order valence-electron chi connectivity index (χ1n) is 6.56. The van der Waals surface area contributed by atoms with E-state index in [9.17, 15) is 9.90 Å². The number of H-pyrrole nitrogens is 1. The van der Waals surface area contributed by atoms with Gasteiger partial charge in [-0.1, -0.05) is 18.2 Å². The van der Waals surface area contributed by atoms with Crippen LogP contribution in [-0.2, 0) is 4.74 Å². The van der Waals surface area contributed by atoms with Crippen molar-refractivity contribution in [2.45, 2.75) is 6.10 Å². The van der Waals surface area contributed by atoms with Gasteiger partial charge in [-0.05, 0) is 13.1 Å². The largest absolute Gasteiger partial charge is 0.389 e. The van der Waals surface area contributed by atoms with Crippen molar-refractivity contribution in [3.05, 3.63) is 36.0 Å². The first-order chi connectivity index (χ1) is 9.61. The number of nitrogens with one attached hydrogen (secondary N) is 1. The SMILES string of the molecule is COCC(O)CN(C)CC(=O)c1c[nH]c2ccccc12. The average Bonchev–Trinajstić information content (AvgIpc) is 2.82. The predicted molar refractivity (Wildman–Crippen MR) is 78.0 cm³/mol. The third-order valence-corrected chi connectivity index (χ3v) is 3.18. The van der Waals surface area contributed by atoms with E-state index >= 15 is 0 Å². The van der Waals surface area contributed by atoms with E-state index in [2.05, 4.69) is 4.98 Å². The Hall–Kier alpha value is -1.69. The van der Waals surface area contributed by atoms with Gasteiger partial charge in [0.25, 0.3) is 0 Å². The van der Waals surface area contributed by atoms with E-state index in [-0.39, 0.29) is 18.9 Å².